The van der Waals surface area contributed by atoms with Gasteiger partial charge in [0.2, 0.25) is 0 Å². The lowest BCUT2D eigenvalue weighted by Crippen LogP contribution is -2.57. The zero-order valence-corrected chi connectivity index (χ0v) is 19.5. The van der Waals surface area contributed by atoms with Crippen molar-refractivity contribution in [3.05, 3.63) is 78.1 Å². The first-order valence-corrected chi connectivity index (χ1v) is 11.8. The number of aromatic nitrogens is 1. The van der Waals surface area contributed by atoms with Crippen LogP contribution in [0, 0.1) is 0 Å². The molecule has 0 bridgehead atoms. The molecular formula is C27H30N4O3. The van der Waals surface area contributed by atoms with E-state index in [1.165, 1.54) is 4.90 Å². The Bertz CT molecular complexity index is 1170. The Morgan fingerprint density at radius 1 is 0.941 bits per heavy atom. The molecule has 0 aliphatic carbocycles. The van der Waals surface area contributed by atoms with Gasteiger partial charge in [-0.3, -0.25) is 19.6 Å². The molecule has 0 saturated carbocycles. The molecular weight excluding hydrogens is 428 g/mol. The number of hydrogen-bond donors (Lipinski definition) is 0. The number of piperidine rings is 1. The third kappa shape index (κ3) is 4.06. The molecule has 0 radical (unpaired) electrons. The first-order chi connectivity index (χ1) is 16.6. The number of pyridine rings is 1. The Kier molecular flexibility index (Phi) is 6.30. The number of imide groups is 1. The van der Waals surface area contributed by atoms with Crippen molar-refractivity contribution in [2.24, 2.45) is 0 Å². The first-order valence-electron chi connectivity index (χ1n) is 11.8. The standard InChI is InChI=1S/C27H30N4O3/c1-34-18-17-31-26(33)30(19-22-9-6-8-21-7-2-3-11-24(21)22)25(32)27(31)12-15-29(16-13-27)20-23-10-4-5-14-28-23/h2-11,14H,12-13,15-20H2,1H3. The van der Waals surface area contributed by atoms with Crippen LogP contribution in [0.4, 0.5) is 4.79 Å². The molecule has 2 aliphatic heterocycles. The zero-order valence-electron chi connectivity index (χ0n) is 19.5. The van der Waals surface area contributed by atoms with Gasteiger partial charge in [-0.25, -0.2) is 4.79 Å². The quantitative estimate of drug-likeness (QED) is 0.506. The third-order valence-corrected chi connectivity index (χ3v) is 7.14. The van der Waals surface area contributed by atoms with Crippen molar-refractivity contribution in [3.63, 3.8) is 0 Å². The normalized spacial score (nSPS) is 18.4. The molecule has 3 aromatic rings. The van der Waals surface area contributed by atoms with E-state index in [4.69, 9.17) is 4.74 Å². The summed E-state index contributed by atoms with van der Waals surface area (Å²) in [5, 5.41) is 2.17. The summed E-state index contributed by atoms with van der Waals surface area (Å²) in [5.41, 5.74) is 1.19. The maximum absolute atomic E-state index is 13.9. The molecule has 176 valence electrons. The van der Waals surface area contributed by atoms with Crippen molar-refractivity contribution >= 4 is 22.7 Å². The average molecular weight is 459 g/mol. The van der Waals surface area contributed by atoms with Crippen molar-refractivity contribution in [3.8, 4) is 0 Å². The molecule has 3 heterocycles. The van der Waals surface area contributed by atoms with Gasteiger partial charge in [0.1, 0.15) is 5.54 Å². The number of fused-ring (bicyclic) bond motifs is 1. The lowest BCUT2D eigenvalue weighted by atomic mass is 9.85. The molecule has 2 aromatic carbocycles. The minimum Gasteiger partial charge on any atom is -0.383 e. The highest BCUT2D eigenvalue weighted by atomic mass is 16.5. The van der Waals surface area contributed by atoms with E-state index in [9.17, 15) is 9.59 Å². The van der Waals surface area contributed by atoms with Crippen LogP contribution >= 0.6 is 0 Å². The van der Waals surface area contributed by atoms with Crippen LogP contribution < -0.4 is 0 Å². The Labute approximate surface area is 199 Å². The molecule has 3 amide bonds. The lowest BCUT2D eigenvalue weighted by molar-refractivity contribution is -0.136. The number of carbonyl (C=O) groups excluding carboxylic acids is 2. The number of amides is 3. The van der Waals surface area contributed by atoms with E-state index in [2.05, 4.69) is 22.0 Å². The van der Waals surface area contributed by atoms with E-state index in [1.807, 2.05) is 48.5 Å². The van der Waals surface area contributed by atoms with Crippen LogP contribution in [0.15, 0.2) is 66.9 Å². The highest BCUT2D eigenvalue weighted by Gasteiger charge is 2.57. The molecule has 5 rings (SSSR count). The molecule has 0 unspecified atom stereocenters. The molecule has 1 spiro atoms. The fourth-order valence-corrected chi connectivity index (χ4v) is 5.30. The predicted molar refractivity (Wildman–Crippen MR) is 130 cm³/mol. The van der Waals surface area contributed by atoms with Gasteiger partial charge in [0.25, 0.3) is 5.91 Å². The monoisotopic (exact) mass is 458 g/mol. The maximum Gasteiger partial charge on any atom is 0.328 e. The molecule has 34 heavy (non-hydrogen) atoms. The van der Waals surface area contributed by atoms with Gasteiger partial charge in [0.15, 0.2) is 0 Å². The number of benzene rings is 2. The van der Waals surface area contributed by atoms with Crippen LogP contribution in [0.2, 0.25) is 0 Å². The second-order valence-electron chi connectivity index (χ2n) is 9.09. The van der Waals surface area contributed by atoms with Crippen molar-refractivity contribution in [1.29, 1.82) is 0 Å². The highest BCUT2D eigenvalue weighted by molar-refractivity contribution is 6.07. The van der Waals surface area contributed by atoms with E-state index < -0.39 is 5.54 Å². The number of ether oxygens (including phenoxy) is 1. The van der Waals surface area contributed by atoms with Gasteiger partial charge in [-0.05, 0) is 41.3 Å². The lowest BCUT2D eigenvalue weighted by Gasteiger charge is -2.42. The van der Waals surface area contributed by atoms with Crippen LogP contribution in [0.1, 0.15) is 24.1 Å². The number of nitrogens with zero attached hydrogens (tertiary/aromatic N) is 4. The molecule has 0 N–H and O–H groups in total. The van der Waals surface area contributed by atoms with E-state index in [1.54, 1.807) is 18.2 Å². The van der Waals surface area contributed by atoms with Gasteiger partial charge in [0, 0.05) is 39.5 Å². The second kappa shape index (κ2) is 9.52. The van der Waals surface area contributed by atoms with Gasteiger partial charge in [-0.1, -0.05) is 48.5 Å². The average Bonchev–Trinajstić information content (AvgIpc) is 3.06. The van der Waals surface area contributed by atoms with Crippen molar-refractivity contribution in [2.45, 2.75) is 31.5 Å². The predicted octanol–water partition coefficient (Wildman–Crippen LogP) is 3.68. The summed E-state index contributed by atoms with van der Waals surface area (Å²) in [4.78, 5) is 37.4. The number of likely N-dealkylation sites (tertiary alicyclic amines) is 1. The van der Waals surface area contributed by atoms with Crippen LogP contribution in [0.3, 0.4) is 0 Å². The van der Waals surface area contributed by atoms with E-state index in [0.717, 1.165) is 41.7 Å². The van der Waals surface area contributed by atoms with E-state index in [0.29, 0.717) is 26.0 Å². The summed E-state index contributed by atoms with van der Waals surface area (Å²) in [7, 11) is 1.62. The SMILES string of the molecule is COCCN1C(=O)N(Cc2cccc3ccccc23)C(=O)C12CCN(Cc1ccccn1)CC2. The molecule has 0 atom stereocenters. The van der Waals surface area contributed by atoms with Gasteiger partial charge >= 0.3 is 6.03 Å². The summed E-state index contributed by atoms with van der Waals surface area (Å²) >= 11 is 0. The first kappa shape index (κ1) is 22.5. The second-order valence-corrected chi connectivity index (χ2v) is 9.09. The van der Waals surface area contributed by atoms with E-state index >= 15 is 0 Å². The molecule has 7 nitrogen and oxygen atoms in total. The topological polar surface area (TPSA) is 66.0 Å². The minimum absolute atomic E-state index is 0.0842. The Morgan fingerprint density at radius 3 is 2.47 bits per heavy atom. The summed E-state index contributed by atoms with van der Waals surface area (Å²) in [5.74, 6) is -0.0842. The molecule has 2 saturated heterocycles. The molecule has 1 aromatic heterocycles. The minimum atomic E-state index is -0.805. The zero-order chi connectivity index (χ0) is 23.5. The fraction of sp³-hybridized carbons (Fsp3) is 0.370. The molecule has 2 fully saturated rings. The smallest absolute Gasteiger partial charge is 0.328 e. The largest absolute Gasteiger partial charge is 0.383 e. The Balaban J connectivity index is 1.38. The van der Waals surface area contributed by atoms with Crippen molar-refractivity contribution in [2.75, 3.05) is 33.4 Å². The van der Waals surface area contributed by atoms with Crippen LogP contribution in [-0.4, -0.2) is 70.5 Å². The maximum atomic E-state index is 13.9. The summed E-state index contributed by atoms with van der Waals surface area (Å²) in [6.07, 6.45) is 3.03. The fourth-order valence-electron chi connectivity index (χ4n) is 5.30. The molecule has 2 aliphatic rings. The van der Waals surface area contributed by atoms with Gasteiger partial charge in [-0.15, -0.1) is 0 Å². The van der Waals surface area contributed by atoms with E-state index in [-0.39, 0.29) is 18.5 Å². The number of urea groups is 1. The summed E-state index contributed by atoms with van der Waals surface area (Å²) in [6.45, 7) is 3.31. The summed E-state index contributed by atoms with van der Waals surface area (Å²) in [6, 6.07) is 19.8. The van der Waals surface area contributed by atoms with Crippen molar-refractivity contribution < 1.29 is 14.3 Å². The van der Waals surface area contributed by atoms with Gasteiger partial charge < -0.3 is 9.64 Å². The number of rotatable bonds is 7. The van der Waals surface area contributed by atoms with Gasteiger partial charge in [-0.2, -0.15) is 0 Å². The highest BCUT2D eigenvalue weighted by Crippen LogP contribution is 2.38. The number of hydrogen-bond acceptors (Lipinski definition) is 5. The Hall–Kier alpha value is -3.29. The molecule has 7 heteroatoms. The van der Waals surface area contributed by atoms with Crippen LogP contribution in [0.5, 0.6) is 0 Å². The van der Waals surface area contributed by atoms with Crippen LogP contribution in [-0.2, 0) is 22.6 Å². The third-order valence-electron chi connectivity index (χ3n) is 7.14. The summed E-state index contributed by atoms with van der Waals surface area (Å²) < 4.78 is 5.29. The Morgan fingerprint density at radius 2 is 1.71 bits per heavy atom. The number of methoxy groups -OCH3 is 1. The van der Waals surface area contributed by atoms with Gasteiger partial charge in [0.05, 0.1) is 18.8 Å². The van der Waals surface area contributed by atoms with Crippen molar-refractivity contribution in [1.82, 2.24) is 19.7 Å². The van der Waals surface area contributed by atoms with Crippen LogP contribution in [0.25, 0.3) is 10.8 Å². The number of carbonyl (C=O) groups is 2.